The molecular formula is C33H28Cl2N4O5S. The summed E-state index contributed by atoms with van der Waals surface area (Å²) in [6.45, 7) is 3.61. The number of nitrogens with one attached hydrogen (secondary N) is 3. The summed E-state index contributed by atoms with van der Waals surface area (Å²) in [6.07, 6.45) is 1.88. The summed E-state index contributed by atoms with van der Waals surface area (Å²) in [7, 11) is 0. The van der Waals surface area contributed by atoms with Gasteiger partial charge in [-0.1, -0.05) is 66.5 Å². The van der Waals surface area contributed by atoms with Gasteiger partial charge < -0.3 is 16.0 Å². The Morgan fingerprint density at radius 2 is 1.60 bits per heavy atom. The lowest BCUT2D eigenvalue weighted by molar-refractivity contribution is -0.384. The number of thioether (sulfide) groups is 1. The van der Waals surface area contributed by atoms with E-state index in [0.717, 1.165) is 0 Å². The predicted octanol–water partition coefficient (Wildman–Crippen LogP) is 8.13. The Bertz CT molecular complexity index is 1760. The van der Waals surface area contributed by atoms with Crippen LogP contribution in [0.15, 0.2) is 102 Å². The van der Waals surface area contributed by atoms with Crippen LogP contribution < -0.4 is 16.0 Å². The maximum absolute atomic E-state index is 13.5. The van der Waals surface area contributed by atoms with E-state index in [1.54, 1.807) is 85.8 Å². The van der Waals surface area contributed by atoms with E-state index in [9.17, 15) is 24.5 Å². The summed E-state index contributed by atoms with van der Waals surface area (Å²) in [4.78, 5) is 51.0. The second-order valence-corrected chi connectivity index (χ2v) is 11.8. The Kier molecular flexibility index (Phi) is 11.4. The highest BCUT2D eigenvalue weighted by Gasteiger charge is 2.21. The van der Waals surface area contributed by atoms with Gasteiger partial charge in [0, 0.05) is 43.9 Å². The summed E-state index contributed by atoms with van der Waals surface area (Å²) in [6, 6.07) is 24.5. The normalized spacial score (nSPS) is 11.8. The number of anilines is 2. The van der Waals surface area contributed by atoms with Gasteiger partial charge in [-0.2, -0.15) is 0 Å². The Labute approximate surface area is 274 Å². The van der Waals surface area contributed by atoms with Crippen molar-refractivity contribution in [2.24, 2.45) is 0 Å². The molecule has 3 N–H and O–H groups in total. The molecule has 12 heteroatoms. The summed E-state index contributed by atoms with van der Waals surface area (Å²) >= 11 is 14.0. The Hall–Kier alpha value is -4.64. The van der Waals surface area contributed by atoms with Crippen LogP contribution in [0, 0.1) is 17.0 Å². The third-order valence-electron chi connectivity index (χ3n) is 6.54. The number of aryl methyl sites for hydroxylation is 1. The van der Waals surface area contributed by atoms with Gasteiger partial charge in [0.15, 0.2) is 0 Å². The summed E-state index contributed by atoms with van der Waals surface area (Å²) in [5.41, 5.74) is 1.98. The highest BCUT2D eigenvalue weighted by atomic mass is 35.5. The maximum Gasteiger partial charge on any atom is 0.272 e. The van der Waals surface area contributed by atoms with E-state index in [-0.39, 0.29) is 17.3 Å². The number of nitro groups is 1. The number of hydrogen-bond acceptors (Lipinski definition) is 6. The minimum absolute atomic E-state index is 0.0879. The number of rotatable bonds is 11. The van der Waals surface area contributed by atoms with Crippen molar-refractivity contribution >= 4 is 75.8 Å². The molecule has 3 amide bonds. The Balaban J connectivity index is 1.53. The standard InChI is InChI=1S/C33H28Cl2N4O5S/c1-3-30(33(42)37-28-18-23(39(43)44)16-15-20(28)2)45-24-12-7-11-22(17-24)36-32(41)29(19-25-26(34)13-8-14-27(25)35)38-31(40)21-9-5-4-6-10-21/h4-19,30H,3H2,1-2H3,(H,36,41)(H,37,42)(H,38,40)/b29-19+. The predicted molar refractivity (Wildman–Crippen MR) is 180 cm³/mol. The number of amides is 3. The molecule has 0 spiro atoms. The van der Waals surface area contributed by atoms with Crippen molar-refractivity contribution in [2.45, 2.75) is 30.4 Å². The fourth-order valence-electron chi connectivity index (χ4n) is 4.14. The zero-order valence-corrected chi connectivity index (χ0v) is 26.5. The summed E-state index contributed by atoms with van der Waals surface area (Å²) in [5.74, 6) is -1.44. The van der Waals surface area contributed by atoms with Gasteiger partial charge in [-0.15, -0.1) is 11.8 Å². The van der Waals surface area contributed by atoms with Gasteiger partial charge >= 0.3 is 0 Å². The molecule has 45 heavy (non-hydrogen) atoms. The van der Waals surface area contributed by atoms with Gasteiger partial charge in [0.2, 0.25) is 5.91 Å². The summed E-state index contributed by atoms with van der Waals surface area (Å²) < 4.78 is 0. The lowest BCUT2D eigenvalue weighted by Crippen LogP contribution is -2.30. The third kappa shape index (κ3) is 8.95. The van der Waals surface area contributed by atoms with Crippen molar-refractivity contribution in [3.05, 3.63) is 134 Å². The number of carbonyl (C=O) groups excluding carboxylic acids is 3. The SMILES string of the molecule is CCC(Sc1cccc(NC(=O)/C(=C\c2c(Cl)cccc2Cl)NC(=O)c2ccccc2)c1)C(=O)Nc1cc([N+](=O)[O-])ccc1C. The van der Waals surface area contributed by atoms with Crippen LogP contribution in [0.2, 0.25) is 10.0 Å². The van der Waals surface area contributed by atoms with Crippen LogP contribution in [0.3, 0.4) is 0 Å². The number of non-ortho nitro benzene ring substituents is 1. The zero-order chi connectivity index (χ0) is 32.5. The molecule has 0 heterocycles. The van der Waals surface area contributed by atoms with Crippen molar-refractivity contribution in [3.8, 4) is 0 Å². The summed E-state index contributed by atoms with van der Waals surface area (Å²) in [5, 5.41) is 19.5. The molecule has 0 saturated heterocycles. The molecule has 0 aliphatic heterocycles. The maximum atomic E-state index is 13.5. The fourth-order valence-corrected chi connectivity index (χ4v) is 5.66. The Morgan fingerprint density at radius 1 is 0.911 bits per heavy atom. The van der Waals surface area contributed by atoms with Crippen LogP contribution in [0.1, 0.15) is 34.8 Å². The van der Waals surface area contributed by atoms with Crippen LogP contribution in [-0.4, -0.2) is 27.9 Å². The molecule has 0 saturated carbocycles. The quantitative estimate of drug-likeness (QED) is 0.0643. The van der Waals surface area contributed by atoms with Crippen molar-refractivity contribution in [1.29, 1.82) is 0 Å². The highest BCUT2D eigenvalue weighted by Crippen LogP contribution is 2.31. The molecule has 0 aromatic heterocycles. The average Bonchev–Trinajstić information content (AvgIpc) is 3.02. The van der Waals surface area contributed by atoms with Crippen molar-refractivity contribution in [2.75, 3.05) is 10.6 Å². The molecule has 9 nitrogen and oxygen atoms in total. The molecule has 0 radical (unpaired) electrons. The van der Waals surface area contributed by atoms with E-state index in [0.29, 0.717) is 49.4 Å². The topological polar surface area (TPSA) is 130 Å². The fraction of sp³-hybridized carbons (Fsp3) is 0.121. The van der Waals surface area contributed by atoms with Gasteiger partial charge in [-0.05, 0) is 67.4 Å². The van der Waals surface area contributed by atoms with E-state index < -0.39 is 22.0 Å². The molecule has 0 bridgehead atoms. The van der Waals surface area contributed by atoms with Crippen LogP contribution in [-0.2, 0) is 9.59 Å². The second-order valence-electron chi connectivity index (χ2n) is 9.76. The van der Waals surface area contributed by atoms with Crippen LogP contribution in [0.5, 0.6) is 0 Å². The number of halogens is 2. The average molecular weight is 664 g/mol. The molecule has 4 rings (SSSR count). The molecule has 0 aliphatic rings. The van der Waals surface area contributed by atoms with Gasteiger partial charge in [0.25, 0.3) is 17.5 Å². The largest absolute Gasteiger partial charge is 0.325 e. The smallest absolute Gasteiger partial charge is 0.272 e. The number of carbonyl (C=O) groups is 3. The molecule has 0 fully saturated rings. The van der Waals surface area contributed by atoms with E-state index in [1.807, 2.05) is 6.92 Å². The number of nitrogens with zero attached hydrogens (tertiary/aromatic N) is 1. The molecule has 1 atom stereocenters. The minimum atomic E-state index is -0.622. The van der Waals surface area contributed by atoms with Crippen LogP contribution in [0.25, 0.3) is 6.08 Å². The van der Waals surface area contributed by atoms with Crippen molar-refractivity contribution < 1.29 is 19.3 Å². The number of nitro benzene ring substituents is 1. The van der Waals surface area contributed by atoms with E-state index in [4.69, 9.17) is 23.2 Å². The van der Waals surface area contributed by atoms with E-state index >= 15 is 0 Å². The number of benzene rings is 4. The van der Waals surface area contributed by atoms with Crippen molar-refractivity contribution in [1.82, 2.24) is 5.32 Å². The molecule has 4 aromatic carbocycles. The number of hydrogen-bond donors (Lipinski definition) is 3. The highest BCUT2D eigenvalue weighted by molar-refractivity contribution is 8.00. The first-order valence-electron chi connectivity index (χ1n) is 13.7. The monoisotopic (exact) mass is 662 g/mol. The zero-order valence-electron chi connectivity index (χ0n) is 24.2. The minimum Gasteiger partial charge on any atom is -0.325 e. The molecular weight excluding hydrogens is 635 g/mol. The van der Waals surface area contributed by atoms with Crippen LogP contribution in [0.4, 0.5) is 17.1 Å². The third-order valence-corrected chi connectivity index (χ3v) is 8.56. The van der Waals surface area contributed by atoms with Gasteiger partial charge in [0.05, 0.1) is 15.9 Å². The molecule has 1 unspecified atom stereocenters. The van der Waals surface area contributed by atoms with Crippen molar-refractivity contribution in [3.63, 3.8) is 0 Å². The van der Waals surface area contributed by atoms with Gasteiger partial charge in [-0.3, -0.25) is 24.5 Å². The van der Waals surface area contributed by atoms with E-state index in [1.165, 1.54) is 30.0 Å². The lowest BCUT2D eigenvalue weighted by Gasteiger charge is -2.17. The van der Waals surface area contributed by atoms with Gasteiger partial charge in [0.1, 0.15) is 5.70 Å². The first-order chi connectivity index (χ1) is 21.5. The molecule has 0 aliphatic carbocycles. The first kappa shape index (κ1) is 33.3. The van der Waals surface area contributed by atoms with Gasteiger partial charge in [-0.25, -0.2) is 0 Å². The Morgan fingerprint density at radius 3 is 2.27 bits per heavy atom. The lowest BCUT2D eigenvalue weighted by atomic mass is 10.1. The van der Waals surface area contributed by atoms with Crippen LogP contribution >= 0.6 is 35.0 Å². The first-order valence-corrected chi connectivity index (χ1v) is 15.3. The van der Waals surface area contributed by atoms with E-state index in [2.05, 4.69) is 16.0 Å². The molecule has 230 valence electrons. The molecule has 4 aromatic rings. The second kappa shape index (κ2) is 15.4.